The number of carboxylic acids is 1. The van der Waals surface area contributed by atoms with Gasteiger partial charge in [-0.1, -0.05) is 91.0 Å². The Morgan fingerprint density at radius 1 is 0.945 bits per heavy atom. The predicted molar refractivity (Wildman–Crippen MR) is 210 cm³/mol. The molecule has 11 nitrogen and oxygen atoms in total. The molecule has 1 spiro atoms. The molecule has 13 heteroatoms. The minimum atomic E-state index is -3.42. The van der Waals surface area contributed by atoms with Gasteiger partial charge in [0.1, 0.15) is 11.9 Å². The third-order valence-electron chi connectivity index (χ3n) is 10.2. The highest BCUT2D eigenvalue weighted by Gasteiger charge is 2.48. The number of benzene rings is 4. The minimum Gasteiger partial charge on any atom is -0.481 e. The molecule has 0 radical (unpaired) electrons. The number of nitrogens with one attached hydrogen (secondary N) is 1. The fraction of sp³-hybridized carbons (Fsp3) is 0.357. The number of fused-ring (bicyclic) bond motifs is 2. The summed E-state index contributed by atoms with van der Waals surface area (Å²) in [5.74, 6) is -2.72. The summed E-state index contributed by atoms with van der Waals surface area (Å²) < 4.78 is 46.2. The van der Waals surface area contributed by atoms with Gasteiger partial charge in [-0.05, 0) is 68.0 Å². The van der Waals surface area contributed by atoms with Gasteiger partial charge in [0.2, 0.25) is 21.8 Å². The molecular formula is C42H49FN4O7S. The van der Waals surface area contributed by atoms with Crippen molar-refractivity contribution in [1.82, 2.24) is 10.2 Å². The number of anilines is 1. The predicted octanol–water partition coefficient (Wildman–Crippen LogP) is 5.45. The van der Waals surface area contributed by atoms with E-state index in [0.29, 0.717) is 50.2 Å². The Bertz CT molecular complexity index is 2080. The van der Waals surface area contributed by atoms with E-state index >= 15 is 0 Å². The van der Waals surface area contributed by atoms with Crippen molar-refractivity contribution in [2.75, 3.05) is 36.8 Å². The molecule has 2 aliphatic rings. The first-order chi connectivity index (χ1) is 26.0. The molecule has 2 atom stereocenters. The van der Waals surface area contributed by atoms with Crippen molar-refractivity contribution >= 4 is 33.5 Å². The Morgan fingerprint density at radius 3 is 2.13 bits per heavy atom. The van der Waals surface area contributed by atoms with Crippen LogP contribution in [0.15, 0.2) is 103 Å². The highest BCUT2D eigenvalue weighted by molar-refractivity contribution is 7.92. The van der Waals surface area contributed by atoms with Crippen LogP contribution >= 0.6 is 0 Å². The van der Waals surface area contributed by atoms with Gasteiger partial charge in [-0.15, -0.1) is 0 Å². The summed E-state index contributed by atoms with van der Waals surface area (Å²) in [5, 5.41) is 11.7. The molecule has 2 aliphatic heterocycles. The number of ether oxygens (including phenoxy) is 1. The van der Waals surface area contributed by atoms with E-state index in [2.05, 4.69) is 5.32 Å². The molecule has 1 fully saturated rings. The number of likely N-dealkylation sites (tertiary alicyclic amines) is 1. The maximum atomic E-state index is 14.0. The van der Waals surface area contributed by atoms with Gasteiger partial charge < -0.3 is 25.8 Å². The average molecular weight is 773 g/mol. The van der Waals surface area contributed by atoms with Crippen LogP contribution in [0.3, 0.4) is 0 Å². The van der Waals surface area contributed by atoms with Crippen LogP contribution in [-0.4, -0.2) is 80.3 Å². The zero-order chi connectivity index (χ0) is 40.0. The van der Waals surface area contributed by atoms with Gasteiger partial charge in [0.05, 0.1) is 36.6 Å². The summed E-state index contributed by atoms with van der Waals surface area (Å²) in [6.07, 6.45) is 2.47. The van der Waals surface area contributed by atoms with Gasteiger partial charge in [-0.3, -0.25) is 18.7 Å². The monoisotopic (exact) mass is 772 g/mol. The summed E-state index contributed by atoms with van der Waals surface area (Å²) >= 11 is 0. The molecule has 6 rings (SSSR count). The van der Waals surface area contributed by atoms with Gasteiger partial charge >= 0.3 is 5.97 Å². The summed E-state index contributed by atoms with van der Waals surface area (Å²) in [7, 11) is -3.42. The Labute approximate surface area is 322 Å². The number of carbonyl (C=O) groups excluding carboxylic acids is 2. The van der Waals surface area contributed by atoms with Crippen LogP contribution in [0.2, 0.25) is 0 Å². The molecule has 1 saturated heterocycles. The van der Waals surface area contributed by atoms with E-state index in [1.54, 1.807) is 37.8 Å². The number of piperidine rings is 1. The molecule has 292 valence electrons. The van der Waals surface area contributed by atoms with Crippen LogP contribution in [0.5, 0.6) is 0 Å². The highest BCUT2D eigenvalue weighted by atomic mass is 32.2. The quantitative estimate of drug-likeness (QED) is 0.182. The number of halogens is 1. The summed E-state index contributed by atoms with van der Waals surface area (Å²) in [6.45, 7) is 6.31. The smallest absolute Gasteiger partial charge is 0.310 e. The maximum Gasteiger partial charge on any atom is 0.310 e. The first-order valence-corrected chi connectivity index (χ1v) is 20.0. The lowest BCUT2D eigenvalue weighted by Crippen LogP contribution is -2.59. The molecule has 0 aliphatic carbocycles. The summed E-state index contributed by atoms with van der Waals surface area (Å²) in [6, 6.07) is 30.1. The number of sulfonamides is 1. The number of hydrogen-bond acceptors (Lipinski definition) is 7. The third-order valence-corrected chi connectivity index (χ3v) is 11.3. The Balaban J connectivity index is 0.000000269. The molecule has 4 aromatic rings. The molecule has 2 heterocycles. The highest BCUT2D eigenvalue weighted by Crippen LogP contribution is 2.47. The first kappa shape index (κ1) is 41.1. The van der Waals surface area contributed by atoms with Crippen molar-refractivity contribution in [3.05, 3.63) is 126 Å². The molecule has 0 bridgehead atoms. The van der Waals surface area contributed by atoms with Crippen molar-refractivity contribution in [3.63, 3.8) is 0 Å². The second kappa shape index (κ2) is 17.1. The van der Waals surface area contributed by atoms with E-state index in [1.165, 1.54) is 16.6 Å². The number of hydrogen-bond donors (Lipinski definition) is 3. The standard InChI is InChI=1S/C27H36N4O5S.C15H13FO2/c1-26(2,28)25(33)29-22(18-36-17-20-9-5-4-6-10-20)24(32)30-15-13-27(14-16-30)19-31(37(3,34)35)23-12-8-7-11-21(23)27;1-10(15(17)18)12-7-8-13(14(16)9-12)11-5-3-2-4-6-11/h4-12,22H,13-19,28H2,1-3H3,(H,29,33);2-10H,1H3,(H,17,18)/t22-;10-/m11/s1. The summed E-state index contributed by atoms with van der Waals surface area (Å²) in [4.78, 5) is 38.8. The number of nitrogens with zero attached hydrogens (tertiary/aromatic N) is 2. The number of para-hydroxylation sites is 1. The topological polar surface area (TPSA) is 159 Å². The SMILES string of the molecule is CC(C)(N)C(=O)N[C@H](COCc1ccccc1)C(=O)N1CCC2(CC1)CN(S(C)(=O)=O)c1ccccc12.C[C@@H](C(=O)O)c1ccc(-c2ccccc2)c(F)c1. The number of carboxylic acid groups (broad SMARTS) is 1. The van der Waals surface area contributed by atoms with Crippen molar-refractivity contribution < 1.29 is 37.0 Å². The average Bonchev–Trinajstić information content (AvgIpc) is 3.49. The molecule has 0 aromatic heterocycles. The van der Waals surface area contributed by atoms with Crippen molar-refractivity contribution in [2.24, 2.45) is 5.73 Å². The third kappa shape index (κ3) is 9.96. The van der Waals surface area contributed by atoms with E-state index in [9.17, 15) is 27.2 Å². The number of nitrogens with two attached hydrogens (primary N) is 1. The van der Waals surface area contributed by atoms with E-state index in [4.69, 9.17) is 15.6 Å². The molecule has 0 saturated carbocycles. The molecule has 0 unspecified atom stereocenters. The zero-order valence-electron chi connectivity index (χ0n) is 31.6. The number of amides is 2. The van der Waals surface area contributed by atoms with Crippen molar-refractivity contribution in [2.45, 2.75) is 63.1 Å². The van der Waals surface area contributed by atoms with Gasteiger partial charge in [0.15, 0.2) is 0 Å². The minimum absolute atomic E-state index is 0.0158. The Kier molecular flexibility index (Phi) is 12.8. The fourth-order valence-electron chi connectivity index (χ4n) is 6.87. The number of carbonyl (C=O) groups is 3. The van der Waals surface area contributed by atoms with Crippen LogP contribution < -0.4 is 15.4 Å². The van der Waals surface area contributed by atoms with Crippen LogP contribution in [0, 0.1) is 5.82 Å². The number of aliphatic carboxylic acids is 1. The lowest BCUT2D eigenvalue weighted by atomic mass is 9.74. The molecule has 4 N–H and O–H groups in total. The zero-order valence-corrected chi connectivity index (χ0v) is 32.4. The molecule has 55 heavy (non-hydrogen) atoms. The van der Waals surface area contributed by atoms with Gasteiger partial charge in [-0.2, -0.15) is 0 Å². The van der Waals surface area contributed by atoms with E-state index < -0.39 is 45.2 Å². The van der Waals surface area contributed by atoms with E-state index in [-0.39, 0.29) is 17.9 Å². The van der Waals surface area contributed by atoms with Crippen LogP contribution in [-0.2, 0) is 41.2 Å². The second-order valence-electron chi connectivity index (χ2n) is 14.8. The van der Waals surface area contributed by atoms with Gasteiger partial charge in [0.25, 0.3) is 0 Å². The molecular weight excluding hydrogens is 724 g/mol. The van der Waals surface area contributed by atoms with E-state index in [1.807, 2.05) is 84.9 Å². The first-order valence-electron chi connectivity index (χ1n) is 18.2. The lowest BCUT2D eigenvalue weighted by Gasteiger charge is -2.41. The normalized spacial score (nSPS) is 16.0. The second-order valence-corrected chi connectivity index (χ2v) is 16.7. The summed E-state index contributed by atoms with van der Waals surface area (Å²) in [5.41, 5.74) is 8.90. The Hall–Kier alpha value is -5.11. The van der Waals surface area contributed by atoms with Crippen LogP contribution in [0.25, 0.3) is 11.1 Å². The van der Waals surface area contributed by atoms with Crippen LogP contribution in [0.1, 0.15) is 56.2 Å². The molecule has 2 amide bonds. The number of rotatable bonds is 11. The lowest BCUT2D eigenvalue weighted by molar-refractivity contribution is -0.140. The maximum absolute atomic E-state index is 14.0. The Morgan fingerprint density at radius 2 is 1.55 bits per heavy atom. The van der Waals surface area contributed by atoms with Crippen LogP contribution in [0.4, 0.5) is 10.1 Å². The fourth-order valence-corrected chi connectivity index (χ4v) is 7.86. The van der Waals surface area contributed by atoms with Crippen molar-refractivity contribution in [1.29, 1.82) is 0 Å². The molecule has 4 aromatic carbocycles. The van der Waals surface area contributed by atoms with E-state index in [0.717, 1.165) is 22.4 Å². The largest absolute Gasteiger partial charge is 0.481 e. The van der Waals surface area contributed by atoms with Gasteiger partial charge in [-0.25, -0.2) is 12.8 Å². The van der Waals surface area contributed by atoms with Crippen molar-refractivity contribution in [3.8, 4) is 11.1 Å². The van der Waals surface area contributed by atoms with Gasteiger partial charge in [0, 0.05) is 30.6 Å².